The lowest BCUT2D eigenvalue weighted by Crippen LogP contribution is -2.55. The first-order chi connectivity index (χ1) is 15.8. The van der Waals surface area contributed by atoms with Crippen LogP contribution in [0.2, 0.25) is 0 Å². The number of rotatable bonds is 5. The van der Waals surface area contributed by atoms with E-state index >= 15 is 0 Å². The topological polar surface area (TPSA) is 59.0 Å². The van der Waals surface area contributed by atoms with E-state index in [1.54, 1.807) is 12.3 Å². The molecule has 1 aromatic carbocycles. The van der Waals surface area contributed by atoms with Gasteiger partial charge < -0.3 is 4.90 Å². The zero-order valence-corrected chi connectivity index (χ0v) is 18.2. The van der Waals surface area contributed by atoms with Crippen LogP contribution in [0.3, 0.4) is 0 Å². The van der Waals surface area contributed by atoms with Gasteiger partial charge in [-0.1, -0.05) is 12.1 Å². The van der Waals surface area contributed by atoms with Gasteiger partial charge in [0, 0.05) is 32.0 Å². The molecule has 1 saturated carbocycles. The average Bonchev–Trinajstić information content (AvgIpc) is 2.78. The van der Waals surface area contributed by atoms with E-state index in [9.17, 15) is 18.0 Å². The molecule has 0 atom stereocenters. The van der Waals surface area contributed by atoms with Crippen LogP contribution in [-0.4, -0.2) is 33.2 Å². The van der Waals surface area contributed by atoms with E-state index in [4.69, 9.17) is 4.98 Å². The van der Waals surface area contributed by atoms with Gasteiger partial charge >= 0.3 is 0 Å². The Bertz CT molecular complexity index is 1200. The predicted octanol–water partition coefficient (Wildman–Crippen LogP) is 4.88. The molecule has 33 heavy (non-hydrogen) atoms. The summed E-state index contributed by atoms with van der Waals surface area (Å²) in [4.78, 5) is 28.7. The van der Waals surface area contributed by atoms with E-state index in [1.165, 1.54) is 24.3 Å². The van der Waals surface area contributed by atoms with Crippen molar-refractivity contribution in [3.05, 3.63) is 77.3 Å². The molecule has 170 valence electrons. The zero-order chi connectivity index (χ0) is 23.2. The van der Waals surface area contributed by atoms with Crippen LogP contribution in [0.4, 0.5) is 24.7 Å². The number of alkyl halides is 2. The van der Waals surface area contributed by atoms with E-state index < -0.39 is 30.0 Å². The molecule has 1 aliphatic heterocycles. The summed E-state index contributed by atoms with van der Waals surface area (Å²) in [5, 5.41) is 0. The second kappa shape index (κ2) is 7.93. The number of carbonyl (C=O) groups is 1. The molecule has 0 saturated heterocycles. The van der Waals surface area contributed by atoms with Gasteiger partial charge in [-0.2, -0.15) is 0 Å². The Kier molecular flexibility index (Phi) is 5.18. The summed E-state index contributed by atoms with van der Waals surface area (Å²) in [6, 6.07) is 11.0. The van der Waals surface area contributed by atoms with Crippen LogP contribution in [0.5, 0.6) is 0 Å². The van der Waals surface area contributed by atoms with Crippen molar-refractivity contribution in [2.45, 2.75) is 50.4 Å². The van der Waals surface area contributed by atoms with Gasteiger partial charge in [-0.3, -0.25) is 9.78 Å². The summed E-state index contributed by atoms with van der Waals surface area (Å²) in [5.74, 6) is -2.20. The third-order valence-electron chi connectivity index (χ3n) is 6.50. The highest BCUT2D eigenvalue weighted by atomic mass is 19.3. The predicted molar refractivity (Wildman–Crippen MR) is 117 cm³/mol. The largest absolute Gasteiger partial charge is 0.325 e. The fraction of sp³-hybridized carbons (Fsp3) is 0.360. The molecule has 5 rings (SSSR count). The third kappa shape index (κ3) is 3.98. The molecule has 5 nitrogen and oxygen atoms in total. The highest BCUT2D eigenvalue weighted by Crippen LogP contribution is 2.54. The van der Waals surface area contributed by atoms with Gasteiger partial charge in [0.2, 0.25) is 0 Å². The van der Waals surface area contributed by atoms with Crippen LogP contribution in [0.25, 0.3) is 0 Å². The van der Waals surface area contributed by atoms with E-state index in [1.807, 2.05) is 24.0 Å². The molecule has 0 bridgehead atoms. The molecule has 1 aliphatic carbocycles. The molecule has 3 heterocycles. The van der Waals surface area contributed by atoms with Gasteiger partial charge in [-0.25, -0.2) is 23.1 Å². The Labute approximate surface area is 189 Å². The molecule has 0 unspecified atom stereocenters. The van der Waals surface area contributed by atoms with Gasteiger partial charge in [0.05, 0.1) is 22.5 Å². The number of hydrogen-bond donors (Lipinski definition) is 0. The Morgan fingerprint density at radius 1 is 1.06 bits per heavy atom. The SMILES string of the molecule is Cc1nccc(N2CCCc3nc(C4(C(=O)Cc5ccc(F)cc5)CC(F)(F)C4)ccc32)n1. The highest BCUT2D eigenvalue weighted by molar-refractivity contribution is 5.93. The monoisotopic (exact) mass is 452 g/mol. The van der Waals surface area contributed by atoms with E-state index in [2.05, 4.69) is 9.97 Å². The molecular formula is C25H23F3N4O. The van der Waals surface area contributed by atoms with Crippen LogP contribution < -0.4 is 4.90 Å². The lowest BCUT2D eigenvalue weighted by atomic mass is 9.60. The number of halogens is 3. The smallest absolute Gasteiger partial charge is 0.250 e. The maximum atomic E-state index is 14.1. The summed E-state index contributed by atoms with van der Waals surface area (Å²) in [6.07, 6.45) is 2.08. The Morgan fingerprint density at radius 2 is 1.82 bits per heavy atom. The van der Waals surface area contributed by atoms with Gasteiger partial charge in [0.15, 0.2) is 0 Å². The summed E-state index contributed by atoms with van der Waals surface area (Å²) < 4.78 is 41.4. The van der Waals surface area contributed by atoms with E-state index in [-0.39, 0.29) is 12.2 Å². The molecule has 2 aliphatic rings. The molecule has 0 amide bonds. The molecular weight excluding hydrogens is 429 g/mol. The van der Waals surface area contributed by atoms with E-state index in [0.29, 0.717) is 23.5 Å². The second-order valence-corrected chi connectivity index (χ2v) is 8.90. The van der Waals surface area contributed by atoms with Gasteiger partial charge in [-0.15, -0.1) is 0 Å². The highest BCUT2D eigenvalue weighted by Gasteiger charge is 2.62. The number of benzene rings is 1. The molecule has 0 radical (unpaired) electrons. The molecule has 8 heteroatoms. The number of carbonyl (C=O) groups excluding carboxylic acids is 1. The minimum atomic E-state index is -2.90. The quantitative estimate of drug-likeness (QED) is 0.552. The maximum absolute atomic E-state index is 14.1. The molecule has 3 aromatic rings. The van der Waals surface area contributed by atoms with Crippen molar-refractivity contribution in [1.29, 1.82) is 0 Å². The fourth-order valence-corrected chi connectivity index (χ4v) is 4.86. The zero-order valence-electron chi connectivity index (χ0n) is 18.2. The number of aryl methyl sites for hydroxylation is 2. The lowest BCUT2D eigenvalue weighted by Gasteiger charge is -2.46. The van der Waals surface area contributed by atoms with Crippen molar-refractivity contribution < 1.29 is 18.0 Å². The van der Waals surface area contributed by atoms with Gasteiger partial charge in [-0.05, 0) is 55.7 Å². The maximum Gasteiger partial charge on any atom is 0.250 e. The first-order valence-corrected chi connectivity index (χ1v) is 11.0. The molecule has 2 aromatic heterocycles. The van der Waals surface area contributed by atoms with Crippen molar-refractivity contribution >= 4 is 17.3 Å². The van der Waals surface area contributed by atoms with Gasteiger partial charge in [0.1, 0.15) is 23.2 Å². The molecule has 0 N–H and O–H groups in total. The Balaban J connectivity index is 1.48. The normalized spacial score (nSPS) is 18.4. The second-order valence-electron chi connectivity index (χ2n) is 8.90. The summed E-state index contributed by atoms with van der Waals surface area (Å²) in [5.41, 5.74) is 1.30. The van der Waals surface area contributed by atoms with Crippen LogP contribution in [-0.2, 0) is 23.1 Å². The van der Waals surface area contributed by atoms with Crippen molar-refractivity contribution in [3.8, 4) is 0 Å². The first-order valence-electron chi connectivity index (χ1n) is 11.0. The first kappa shape index (κ1) is 21.6. The van der Waals surface area contributed by atoms with Crippen LogP contribution in [0, 0.1) is 12.7 Å². The van der Waals surface area contributed by atoms with Crippen molar-refractivity contribution in [1.82, 2.24) is 15.0 Å². The number of ketones is 1. The summed E-state index contributed by atoms with van der Waals surface area (Å²) >= 11 is 0. The summed E-state index contributed by atoms with van der Waals surface area (Å²) in [6.45, 7) is 2.58. The minimum Gasteiger partial charge on any atom is -0.325 e. The van der Waals surface area contributed by atoms with Crippen molar-refractivity contribution in [2.75, 3.05) is 11.4 Å². The number of anilines is 2. The van der Waals surface area contributed by atoms with Crippen LogP contribution in [0.1, 0.15) is 42.0 Å². The number of pyridine rings is 1. The van der Waals surface area contributed by atoms with Crippen LogP contribution in [0.15, 0.2) is 48.7 Å². The molecule has 0 spiro atoms. The summed E-state index contributed by atoms with van der Waals surface area (Å²) in [7, 11) is 0. The number of fused-ring (bicyclic) bond motifs is 1. The standard InChI is InChI=1S/C25H23F3N4O/c1-16-29-11-10-23(30-16)32-12-2-3-19-20(32)8-9-21(31-19)24(14-25(27,28)15-24)22(33)13-17-4-6-18(26)7-5-17/h4-11H,2-3,12-15H2,1H3. The average molecular weight is 452 g/mol. The number of aromatic nitrogens is 3. The minimum absolute atomic E-state index is 0.0402. The van der Waals surface area contributed by atoms with E-state index in [0.717, 1.165) is 30.2 Å². The third-order valence-corrected chi connectivity index (χ3v) is 6.50. The number of hydrogen-bond acceptors (Lipinski definition) is 5. The Morgan fingerprint density at radius 3 is 2.52 bits per heavy atom. The van der Waals surface area contributed by atoms with Gasteiger partial charge in [0.25, 0.3) is 5.92 Å². The lowest BCUT2D eigenvalue weighted by molar-refractivity contribution is -0.157. The van der Waals surface area contributed by atoms with Crippen LogP contribution >= 0.6 is 0 Å². The van der Waals surface area contributed by atoms with Crippen molar-refractivity contribution in [2.24, 2.45) is 0 Å². The fourth-order valence-electron chi connectivity index (χ4n) is 4.86. The Hall–Kier alpha value is -3.29. The molecule has 1 fully saturated rings. The van der Waals surface area contributed by atoms with Crippen molar-refractivity contribution in [3.63, 3.8) is 0 Å². The number of Topliss-reactive ketones (excluding diaryl/α,β-unsaturated/α-hetero) is 1. The number of nitrogens with zero attached hydrogens (tertiary/aromatic N) is 4.